The van der Waals surface area contributed by atoms with Crippen LogP contribution in [-0.2, 0) is 19.5 Å². The molecular formula is C18H25N3O2. The van der Waals surface area contributed by atoms with Crippen molar-refractivity contribution < 1.29 is 9.47 Å². The molecule has 0 amide bonds. The summed E-state index contributed by atoms with van der Waals surface area (Å²) in [6.45, 7) is 7.05. The van der Waals surface area contributed by atoms with Gasteiger partial charge in [0.15, 0.2) is 0 Å². The lowest BCUT2D eigenvalue weighted by molar-refractivity contribution is 0.252. The third-order valence-corrected chi connectivity index (χ3v) is 4.17. The van der Waals surface area contributed by atoms with Crippen LogP contribution < -0.4 is 14.8 Å². The summed E-state index contributed by atoms with van der Waals surface area (Å²) in [7, 11) is 1.71. The van der Waals surface area contributed by atoms with Crippen LogP contribution in [0.15, 0.2) is 30.9 Å². The van der Waals surface area contributed by atoms with Crippen LogP contribution in [0.5, 0.6) is 11.5 Å². The molecule has 0 saturated heterocycles. The predicted octanol–water partition coefficient (Wildman–Crippen LogP) is 2.64. The molecule has 1 aromatic heterocycles. The smallest absolute Gasteiger partial charge is 0.127 e. The number of imidazole rings is 1. The van der Waals surface area contributed by atoms with Crippen LogP contribution in [0.3, 0.4) is 0 Å². The van der Waals surface area contributed by atoms with Crippen molar-refractivity contribution in [1.29, 1.82) is 0 Å². The molecule has 3 rings (SSSR count). The normalized spacial score (nSPS) is 17.6. The monoisotopic (exact) mass is 315 g/mol. The Balaban J connectivity index is 1.59. The van der Waals surface area contributed by atoms with E-state index >= 15 is 0 Å². The highest BCUT2D eigenvalue weighted by Gasteiger charge is 2.23. The van der Waals surface area contributed by atoms with Gasteiger partial charge in [-0.25, -0.2) is 4.98 Å². The molecule has 0 bridgehead atoms. The van der Waals surface area contributed by atoms with Crippen molar-refractivity contribution in [3.63, 3.8) is 0 Å². The Kier molecular flexibility index (Phi) is 4.86. The number of aromatic nitrogens is 2. The first-order valence-corrected chi connectivity index (χ1v) is 8.18. The Morgan fingerprint density at radius 1 is 1.48 bits per heavy atom. The van der Waals surface area contributed by atoms with Gasteiger partial charge >= 0.3 is 0 Å². The molecule has 124 valence electrons. The van der Waals surface area contributed by atoms with Crippen LogP contribution in [0.4, 0.5) is 0 Å². The van der Waals surface area contributed by atoms with E-state index < -0.39 is 0 Å². The van der Waals surface area contributed by atoms with Gasteiger partial charge in [-0.3, -0.25) is 0 Å². The number of rotatable bonds is 7. The Labute approximate surface area is 137 Å². The lowest BCUT2D eigenvalue weighted by atomic mass is 10.1. The van der Waals surface area contributed by atoms with Crippen molar-refractivity contribution in [2.75, 3.05) is 13.7 Å². The van der Waals surface area contributed by atoms with E-state index in [-0.39, 0.29) is 6.10 Å². The molecule has 2 atom stereocenters. The van der Waals surface area contributed by atoms with E-state index in [1.165, 1.54) is 11.1 Å². The SMILES string of the molecule is COc1cc(CNCC(C)Cn2ccnc2)c2c(c1)CC(C)O2. The quantitative estimate of drug-likeness (QED) is 0.853. The standard InChI is InChI=1S/C18H25N3O2/c1-13(11-21-5-4-19-12-21)9-20-10-16-8-17(22-3)7-15-6-14(2)23-18(15)16/h4-5,7-8,12-14,20H,6,9-11H2,1-3H3. The van der Waals surface area contributed by atoms with Crippen molar-refractivity contribution in [2.24, 2.45) is 5.92 Å². The summed E-state index contributed by atoms with van der Waals surface area (Å²) in [6.07, 6.45) is 6.88. The average Bonchev–Trinajstić information content (AvgIpc) is 3.15. The second-order valence-corrected chi connectivity index (χ2v) is 6.40. The van der Waals surface area contributed by atoms with E-state index in [2.05, 4.69) is 40.8 Å². The molecule has 5 nitrogen and oxygen atoms in total. The first-order valence-electron chi connectivity index (χ1n) is 8.18. The number of nitrogens with one attached hydrogen (secondary N) is 1. The fourth-order valence-electron chi connectivity index (χ4n) is 3.10. The van der Waals surface area contributed by atoms with Gasteiger partial charge < -0.3 is 19.4 Å². The van der Waals surface area contributed by atoms with E-state index in [9.17, 15) is 0 Å². The maximum atomic E-state index is 5.97. The maximum absolute atomic E-state index is 5.97. The number of fused-ring (bicyclic) bond motifs is 1. The number of hydrogen-bond donors (Lipinski definition) is 1. The second-order valence-electron chi connectivity index (χ2n) is 6.40. The lowest BCUT2D eigenvalue weighted by Gasteiger charge is -2.15. The van der Waals surface area contributed by atoms with Gasteiger partial charge in [0, 0.05) is 43.0 Å². The molecule has 2 aromatic rings. The summed E-state index contributed by atoms with van der Waals surface area (Å²) >= 11 is 0. The van der Waals surface area contributed by atoms with Crippen LogP contribution >= 0.6 is 0 Å². The molecule has 2 heterocycles. The van der Waals surface area contributed by atoms with Crippen LogP contribution in [0.2, 0.25) is 0 Å². The number of hydrogen-bond acceptors (Lipinski definition) is 4. The van der Waals surface area contributed by atoms with Gasteiger partial charge in [0.1, 0.15) is 17.6 Å². The molecule has 23 heavy (non-hydrogen) atoms. The molecule has 1 aliphatic rings. The fourth-order valence-corrected chi connectivity index (χ4v) is 3.10. The number of methoxy groups -OCH3 is 1. The highest BCUT2D eigenvalue weighted by Crippen LogP contribution is 2.36. The predicted molar refractivity (Wildman–Crippen MR) is 89.9 cm³/mol. The van der Waals surface area contributed by atoms with E-state index in [0.29, 0.717) is 5.92 Å². The molecule has 0 saturated carbocycles. The lowest BCUT2D eigenvalue weighted by Crippen LogP contribution is -2.23. The van der Waals surface area contributed by atoms with Gasteiger partial charge in [-0.15, -0.1) is 0 Å². The van der Waals surface area contributed by atoms with Crippen molar-refractivity contribution >= 4 is 0 Å². The zero-order chi connectivity index (χ0) is 16.2. The van der Waals surface area contributed by atoms with E-state index in [1.54, 1.807) is 7.11 Å². The Morgan fingerprint density at radius 3 is 3.09 bits per heavy atom. The minimum absolute atomic E-state index is 0.246. The zero-order valence-corrected chi connectivity index (χ0v) is 14.1. The van der Waals surface area contributed by atoms with Crippen LogP contribution in [0, 0.1) is 5.92 Å². The summed E-state index contributed by atoms with van der Waals surface area (Å²) in [5.74, 6) is 2.47. The summed E-state index contributed by atoms with van der Waals surface area (Å²) in [4.78, 5) is 4.08. The molecule has 0 spiro atoms. The zero-order valence-electron chi connectivity index (χ0n) is 14.1. The minimum Gasteiger partial charge on any atom is -0.497 e. The van der Waals surface area contributed by atoms with Gasteiger partial charge in [0.2, 0.25) is 0 Å². The van der Waals surface area contributed by atoms with E-state index in [0.717, 1.165) is 37.6 Å². The molecule has 0 fully saturated rings. The van der Waals surface area contributed by atoms with Crippen LogP contribution in [-0.4, -0.2) is 29.3 Å². The highest BCUT2D eigenvalue weighted by atomic mass is 16.5. The third kappa shape index (κ3) is 3.85. The van der Waals surface area contributed by atoms with Gasteiger partial charge in [0.25, 0.3) is 0 Å². The molecule has 5 heteroatoms. The maximum Gasteiger partial charge on any atom is 0.127 e. The Hall–Kier alpha value is -2.01. The fraction of sp³-hybridized carbons (Fsp3) is 0.500. The largest absolute Gasteiger partial charge is 0.497 e. The summed E-state index contributed by atoms with van der Waals surface area (Å²) in [5.41, 5.74) is 2.43. The van der Waals surface area contributed by atoms with Gasteiger partial charge in [-0.2, -0.15) is 0 Å². The summed E-state index contributed by atoms with van der Waals surface area (Å²) < 4.78 is 13.5. The average molecular weight is 315 g/mol. The Morgan fingerprint density at radius 2 is 2.35 bits per heavy atom. The first kappa shape index (κ1) is 15.9. The van der Waals surface area contributed by atoms with Gasteiger partial charge in [-0.05, 0) is 31.5 Å². The highest BCUT2D eigenvalue weighted by molar-refractivity contribution is 5.49. The molecule has 1 aromatic carbocycles. The first-order chi connectivity index (χ1) is 11.2. The van der Waals surface area contributed by atoms with Crippen LogP contribution in [0.25, 0.3) is 0 Å². The molecule has 0 aliphatic carbocycles. The molecule has 1 aliphatic heterocycles. The minimum atomic E-state index is 0.246. The van der Waals surface area contributed by atoms with Crippen molar-refractivity contribution in [3.8, 4) is 11.5 Å². The second kappa shape index (κ2) is 7.04. The molecule has 2 unspecified atom stereocenters. The summed E-state index contributed by atoms with van der Waals surface area (Å²) in [5, 5.41) is 3.54. The number of ether oxygens (including phenoxy) is 2. The number of nitrogens with zero attached hydrogens (tertiary/aromatic N) is 2. The van der Waals surface area contributed by atoms with Crippen LogP contribution in [0.1, 0.15) is 25.0 Å². The number of benzene rings is 1. The molecule has 0 radical (unpaired) electrons. The molecular weight excluding hydrogens is 290 g/mol. The molecule has 1 N–H and O–H groups in total. The van der Waals surface area contributed by atoms with Gasteiger partial charge in [-0.1, -0.05) is 6.92 Å². The van der Waals surface area contributed by atoms with Crippen molar-refractivity contribution in [3.05, 3.63) is 42.0 Å². The van der Waals surface area contributed by atoms with E-state index in [1.807, 2.05) is 18.7 Å². The van der Waals surface area contributed by atoms with Crippen molar-refractivity contribution in [2.45, 2.75) is 39.5 Å². The van der Waals surface area contributed by atoms with Gasteiger partial charge in [0.05, 0.1) is 13.4 Å². The van der Waals surface area contributed by atoms with Crippen molar-refractivity contribution in [1.82, 2.24) is 14.9 Å². The Bertz CT molecular complexity index is 640. The van der Waals surface area contributed by atoms with E-state index in [4.69, 9.17) is 9.47 Å². The topological polar surface area (TPSA) is 48.3 Å². The summed E-state index contributed by atoms with van der Waals surface area (Å²) in [6, 6.07) is 4.16. The third-order valence-electron chi connectivity index (χ3n) is 4.17.